The van der Waals surface area contributed by atoms with E-state index in [1.165, 1.54) is 11.3 Å². The van der Waals surface area contributed by atoms with E-state index in [2.05, 4.69) is 0 Å². The largest absolute Gasteiger partial charge is 0.338 e. The molecule has 2 heterocycles. The van der Waals surface area contributed by atoms with Gasteiger partial charge in [0, 0.05) is 13.1 Å². The third-order valence-electron chi connectivity index (χ3n) is 2.79. The monoisotopic (exact) mass is 314 g/mol. The van der Waals surface area contributed by atoms with Crippen molar-refractivity contribution in [1.82, 2.24) is 4.90 Å². The average molecular weight is 316 g/mol. The topological polar surface area (TPSA) is 46.3 Å². The van der Waals surface area contributed by atoms with Gasteiger partial charge in [-0.2, -0.15) is 0 Å². The van der Waals surface area contributed by atoms with Crippen molar-refractivity contribution in [2.45, 2.75) is 6.42 Å². The first-order chi connectivity index (χ1) is 7.61. The Morgan fingerprint density at radius 1 is 1.59 bits per heavy atom. The standard InChI is InChI=1S/C10H12Cl2N2OS.ClH/c11-8-3-7(9(12)16-8)10(15)14-2-1-6(4-13)5-14;/h3,6H,1-2,4-5,13H2;1H. The highest BCUT2D eigenvalue weighted by Crippen LogP contribution is 2.32. The zero-order chi connectivity index (χ0) is 11.7. The zero-order valence-corrected chi connectivity index (χ0v) is 12.1. The number of amides is 1. The van der Waals surface area contributed by atoms with Gasteiger partial charge in [0.25, 0.3) is 5.91 Å². The Morgan fingerprint density at radius 3 is 2.76 bits per heavy atom. The second-order valence-corrected chi connectivity index (χ2v) is 6.17. The summed E-state index contributed by atoms with van der Waals surface area (Å²) >= 11 is 13.0. The quantitative estimate of drug-likeness (QED) is 0.912. The highest BCUT2D eigenvalue weighted by molar-refractivity contribution is 7.20. The number of nitrogens with zero attached hydrogens (tertiary/aromatic N) is 1. The van der Waals surface area contributed by atoms with Crippen molar-refractivity contribution in [3.63, 3.8) is 0 Å². The molecule has 3 nitrogen and oxygen atoms in total. The van der Waals surface area contributed by atoms with E-state index in [1.807, 2.05) is 0 Å². The predicted octanol–water partition coefficient (Wildman–Crippen LogP) is 2.90. The Hall–Kier alpha value is -0.0000000000000000555. The Balaban J connectivity index is 0.00000144. The van der Waals surface area contributed by atoms with E-state index >= 15 is 0 Å². The van der Waals surface area contributed by atoms with Crippen LogP contribution in [0.5, 0.6) is 0 Å². The molecule has 0 aromatic carbocycles. The summed E-state index contributed by atoms with van der Waals surface area (Å²) in [4.78, 5) is 13.9. The molecule has 1 fully saturated rings. The lowest BCUT2D eigenvalue weighted by molar-refractivity contribution is 0.0788. The van der Waals surface area contributed by atoms with Crippen molar-refractivity contribution >= 4 is 52.9 Å². The van der Waals surface area contributed by atoms with Crippen LogP contribution in [0.4, 0.5) is 0 Å². The Morgan fingerprint density at radius 2 is 2.29 bits per heavy atom. The van der Waals surface area contributed by atoms with E-state index in [0.29, 0.717) is 26.7 Å². The number of halogens is 3. The molecule has 0 bridgehead atoms. The van der Waals surface area contributed by atoms with Crippen molar-refractivity contribution in [3.05, 3.63) is 20.3 Å². The van der Waals surface area contributed by atoms with Crippen LogP contribution in [0.3, 0.4) is 0 Å². The molecule has 0 saturated carbocycles. The summed E-state index contributed by atoms with van der Waals surface area (Å²) in [5, 5.41) is 0. The molecule has 2 rings (SSSR count). The van der Waals surface area contributed by atoms with Crippen LogP contribution in [-0.2, 0) is 0 Å². The van der Waals surface area contributed by atoms with Crippen LogP contribution in [-0.4, -0.2) is 30.4 Å². The Kier molecular flexibility index (Phi) is 5.54. The summed E-state index contributed by atoms with van der Waals surface area (Å²) in [6.07, 6.45) is 0.970. The maximum Gasteiger partial charge on any atom is 0.256 e. The number of nitrogens with two attached hydrogens (primary N) is 1. The normalized spacial score (nSPS) is 19.2. The maximum atomic E-state index is 12.1. The maximum absolute atomic E-state index is 12.1. The van der Waals surface area contributed by atoms with Crippen molar-refractivity contribution < 1.29 is 4.79 Å². The van der Waals surface area contributed by atoms with Gasteiger partial charge in [0.2, 0.25) is 0 Å². The molecule has 1 aliphatic rings. The van der Waals surface area contributed by atoms with Gasteiger partial charge in [-0.3, -0.25) is 4.79 Å². The molecule has 2 N–H and O–H groups in total. The van der Waals surface area contributed by atoms with Gasteiger partial charge in [-0.15, -0.1) is 23.7 Å². The van der Waals surface area contributed by atoms with Crippen LogP contribution >= 0.6 is 46.9 Å². The molecule has 0 aliphatic carbocycles. The van der Waals surface area contributed by atoms with Gasteiger partial charge >= 0.3 is 0 Å². The van der Waals surface area contributed by atoms with E-state index < -0.39 is 0 Å². The van der Waals surface area contributed by atoms with Crippen LogP contribution in [0.25, 0.3) is 0 Å². The molecule has 0 radical (unpaired) electrons. The van der Waals surface area contributed by atoms with Gasteiger partial charge < -0.3 is 10.6 Å². The number of likely N-dealkylation sites (tertiary alicyclic amines) is 1. The Bertz CT molecular complexity index is 410. The average Bonchev–Trinajstić information content (AvgIpc) is 2.84. The highest BCUT2D eigenvalue weighted by Gasteiger charge is 2.27. The predicted molar refractivity (Wildman–Crippen MR) is 74.7 cm³/mol. The van der Waals surface area contributed by atoms with E-state index in [0.717, 1.165) is 19.5 Å². The zero-order valence-electron chi connectivity index (χ0n) is 8.99. The minimum Gasteiger partial charge on any atom is -0.338 e. The van der Waals surface area contributed by atoms with Crippen LogP contribution in [0.15, 0.2) is 6.07 Å². The first kappa shape index (κ1) is 15.1. The minimum absolute atomic E-state index is 0. The summed E-state index contributed by atoms with van der Waals surface area (Å²) < 4.78 is 1.01. The lowest BCUT2D eigenvalue weighted by atomic mass is 10.1. The summed E-state index contributed by atoms with van der Waals surface area (Å²) in [5.74, 6) is 0.376. The molecule has 1 aromatic heterocycles. The molecule has 0 spiro atoms. The molecular formula is C10H13Cl3N2OS. The second kappa shape index (κ2) is 6.25. The molecule has 7 heteroatoms. The molecule has 1 aromatic rings. The van der Waals surface area contributed by atoms with Crippen molar-refractivity contribution in [1.29, 1.82) is 0 Å². The van der Waals surface area contributed by atoms with Gasteiger partial charge in [0.1, 0.15) is 4.34 Å². The van der Waals surface area contributed by atoms with E-state index in [-0.39, 0.29) is 18.3 Å². The first-order valence-electron chi connectivity index (χ1n) is 5.06. The van der Waals surface area contributed by atoms with E-state index in [9.17, 15) is 4.79 Å². The van der Waals surface area contributed by atoms with Crippen molar-refractivity contribution in [2.75, 3.05) is 19.6 Å². The molecule has 1 aliphatic heterocycles. The summed E-state index contributed by atoms with van der Waals surface area (Å²) in [5.41, 5.74) is 6.09. The summed E-state index contributed by atoms with van der Waals surface area (Å²) in [7, 11) is 0. The lowest BCUT2D eigenvalue weighted by Crippen LogP contribution is -2.29. The summed E-state index contributed by atoms with van der Waals surface area (Å²) in [6, 6.07) is 1.63. The van der Waals surface area contributed by atoms with Gasteiger partial charge in [-0.1, -0.05) is 23.2 Å². The van der Waals surface area contributed by atoms with Crippen LogP contribution in [0.1, 0.15) is 16.8 Å². The van der Waals surface area contributed by atoms with E-state index in [1.54, 1.807) is 11.0 Å². The van der Waals surface area contributed by atoms with Gasteiger partial charge in [-0.25, -0.2) is 0 Å². The molecule has 1 unspecified atom stereocenters. The number of hydrogen-bond acceptors (Lipinski definition) is 3. The van der Waals surface area contributed by atoms with Crippen LogP contribution in [0.2, 0.25) is 8.67 Å². The molecular weight excluding hydrogens is 303 g/mol. The SMILES string of the molecule is Cl.NCC1CCN(C(=O)c2cc(Cl)sc2Cl)C1. The molecule has 96 valence electrons. The van der Waals surface area contributed by atoms with Crippen LogP contribution in [0, 0.1) is 5.92 Å². The van der Waals surface area contributed by atoms with E-state index in [4.69, 9.17) is 28.9 Å². The second-order valence-electron chi connectivity index (χ2n) is 3.88. The summed E-state index contributed by atoms with van der Waals surface area (Å²) in [6.45, 7) is 2.10. The lowest BCUT2D eigenvalue weighted by Gasteiger charge is -2.15. The van der Waals surface area contributed by atoms with Crippen molar-refractivity contribution in [3.8, 4) is 0 Å². The third-order valence-corrected chi connectivity index (χ3v) is 4.28. The van der Waals surface area contributed by atoms with Crippen LogP contribution < -0.4 is 5.73 Å². The highest BCUT2D eigenvalue weighted by atomic mass is 35.5. The van der Waals surface area contributed by atoms with Gasteiger partial charge in [-0.05, 0) is 24.9 Å². The molecule has 1 atom stereocenters. The first-order valence-corrected chi connectivity index (χ1v) is 6.63. The molecule has 1 saturated heterocycles. The third kappa shape index (κ3) is 3.26. The fraction of sp³-hybridized carbons (Fsp3) is 0.500. The minimum atomic E-state index is -0.0379. The number of hydrogen-bond donors (Lipinski definition) is 1. The smallest absolute Gasteiger partial charge is 0.256 e. The van der Waals surface area contributed by atoms with Gasteiger partial charge in [0.05, 0.1) is 9.90 Å². The number of rotatable bonds is 2. The molecule has 1 amide bonds. The fourth-order valence-electron chi connectivity index (χ4n) is 1.87. The van der Waals surface area contributed by atoms with Gasteiger partial charge in [0.15, 0.2) is 0 Å². The van der Waals surface area contributed by atoms with Crippen molar-refractivity contribution in [2.24, 2.45) is 11.7 Å². The number of carbonyl (C=O) groups excluding carboxylic acids is 1. The fourth-order valence-corrected chi connectivity index (χ4v) is 3.31. The molecule has 17 heavy (non-hydrogen) atoms. The Labute approximate surface area is 120 Å². The number of thiophene rings is 1. The number of carbonyl (C=O) groups is 1.